The Kier molecular flexibility index (Phi) is 3.97. The van der Waals surface area contributed by atoms with Crippen molar-refractivity contribution in [1.29, 1.82) is 5.41 Å². The lowest BCUT2D eigenvalue weighted by Crippen LogP contribution is -2.17. The van der Waals surface area contributed by atoms with Crippen LogP contribution in [0.2, 0.25) is 0 Å². The zero-order valence-electron chi connectivity index (χ0n) is 10.2. The van der Waals surface area contributed by atoms with Crippen LogP contribution in [0.1, 0.15) is 17.2 Å². The molecule has 1 heterocycles. The van der Waals surface area contributed by atoms with E-state index >= 15 is 0 Å². The Labute approximate surface area is 110 Å². The van der Waals surface area contributed by atoms with Crippen LogP contribution in [0.4, 0.5) is 0 Å². The number of hydrogen-bond acceptors (Lipinski definition) is 4. The Bertz CT molecular complexity index is 629. The summed E-state index contributed by atoms with van der Waals surface area (Å²) in [4.78, 5) is 14.6. The molecule has 0 aliphatic rings. The summed E-state index contributed by atoms with van der Waals surface area (Å²) in [5.74, 6) is -0.437. The fourth-order valence-corrected chi connectivity index (χ4v) is 1.91. The summed E-state index contributed by atoms with van der Waals surface area (Å²) >= 11 is 0. The molecule has 2 rings (SSSR count). The summed E-state index contributed by atoms with van der Waals surface area (Å²) in [6.07, 6.45) is 0. The van der Waals surface area contributed by atoms with Crippen LogP contribution in [0.3, 0.4) is 0 Å². The Balaban J connectivity index is 2.49. The number of aromatic nitrogens is 1. The molecule has 0 saturated carbocycles. The quantitative estimate of drug-likeness (QED) is 0.670. The highest BCUT2D eigenvalue weighted by molar-refractivity contribution is 5.28. The summed E-state index contributed by atoms with van der Waals surface area (Å²) in [5, 5.41) is 18.5. The van der Waals surface area contributed by atoms with E-state index in [4.69, 9.17) is 5.41 Å². The molecule has 96 valence electrons. The molecule has 0 aliphatic carbocycles. The first-order valence-electron chi connectivity index (χ1n) is 5.85. The lowest BCUT2D eigenvalue weighted by Gasteiger charge is -2.11. The summed E-state index contributed by atoms with van der Waals surface area (Å²) < 4.78 is 0. The predicted molar refractivity (Wildman–Crippen MR) is 70.2 cm³/mol. The maximum atomic E-state index is 10.9. The minimum atomic E-state index is -0.437. The number of benzene rings is 1. The molecule has 0 amide bonds. The molecule has 0 radical (unpaired) electrons. The summed E-state index contributed by atoms with van der Waals surface area (Å²) in [6, 6.07) is 15.9. The van der Waals surface area contributed by atoms with Crippen LogP contribution in [0.15, 0.2) is 54.6 Å². The van der Waals surface area contributed by atoms with Crippen molar-refractivity contribution < 1.29 is 4.92 Å². The molecule has 5 heteroatoms. The largest absolute Gasteiger partial charge is 0.283 e. The third-order valence-electron chi connectivity index (χ3n) is 2.77. The van der Waals surface area contributed by atoms with Crippen molar-refractivity contribution in [3.63, 3.8) is 0 Å². The molecule has 1 unspecified atom stereocenters. The van der Waals surface area contributed by atoms with Crippen molar-refractivity contribution in [2.75, 3.05) is 6.54 Å². The van der Waals surface area contributed by atoms with Gasteiger partial charge in [-0.05, 0) is 17.7 Å². The normalized spacial score (nSPS) is 11.8. The van der Waals surface area contributed by atoms with Gasteiger partial charge >= 0.3 is 0 Å². The molecule has 2 aromatic rings. The van der Waals surface area contributed by atoms with Gasteiger partial charge in [-0.1, -0.05) is 42.5 Å². The van der Waals surface area contributed by atoms with Gasteiger partial charge in [0.15, 0.2) is 0 Å². The average Bonchev–Trinajstić information content (AvgIpc) is 2.61. The van der Waals surface area contributed by atoms with E-state index in [9.17, 15) is 10.1 Å². The van der Waals surface area contributed by atoms with E-state index in [1.165, 1.54) is 0 Å². The van der Waals surface area contributed by atoms with Crippen LogP contribution in [0.25, 0.3) is 0 Å². The maximum absolute atomic E-state index is 10.9. The zero-order chi connectivity index (χ0) is 13.7. The first kappa shape index (κ1) is 12.9. The van der Waals surface area contributed by atoms with Gasteiger partial charge in [-0.2, -0.15) is 0 Å². The molecule has 0 saturated heterocycles. The third-order valence-corrected chi connectivity index (χ3v) is 2.77. The van der Waals surface area contributed by atoms with Crippen LogP contribution in [-0.4, -0.2) is 16.5 Å². The molecule has 1 aromatic heterocycles. The number of hydrogen-bond donors (Lipinski definition) is 1. The average molecular weight is 255 g/mol. The van der Waals surface area contributed by atoms with E-state index in [1.54, 1.807) is 24.3 Å². The molecule has 19 heavy (non-hydrogen) atoms. The van der Waals surface area contributed by atoms with Crippen LogP contribution in [-0.2, 0) is 0 Å². The predicted octanol–water partition coefficient (Wildman–Crippen LogP) is 1.97. The van der Waals surface area contributed by atoms with Gasteiger partial charge in [0.25, 0.3) is 0 Å². The molecule has 5 nitrogen and oxygen atoms in total. The van der Waals surface area contributed by atoms with Crippen molar-refractivity contribution in [2.45, 2.75) is 5.92 Å². The van der Waals surface area contributed by atoms with E-state index in [0.29, 0.717) is 5.69 Å². The summed E-state index contributed by atoms with van der Waals surface area (Å²) in [7, 11) is 0. The van der Waals surface area contributed by atoms with Crippen LogP contribution < -0.4 is 5.49 Å². The van der Waals surface area contributed by atoms with E-state index in [-0.39, 0.29) is 17.0 Å². The molecule has 1 atom stereocenters. The van der Waals surface area contributed by atoms with Gasteiger partial charge in [-0.3, -0.25) is 15.5 Å². The second kappa shape index (κ2) is 5.86. The van der Waals surface area contributed by atoms with Crippen molar-refractivity contribution >= 4 is 0 Å². The Morgan fingerprint density at radius 1 is 1.11 bits per heavy atom. The number of nitro groups is 1. The molecule has 0 spiro atoms. The highest BCUT2D eigenvalue weighted by Gasteiger charge is 2.20. The van der Waals surface area contributed by atoms with E-state index in [1.807, 2.05) is 30.3 Å². The van der Waals surface area contributed by atoms with Gasteiger partial charge in [0, 0.05) is 4.92 Å². The van der Waals surface area contributed by atoms with Gasteiger partial charge in [0.05, 0.1) is 11.6 Å². The van der Waals surface area contributed by atoms with Gasteiger partial charge in [-0.15, -0.1) is 0 Å². The van der Waals surface area contributed by atoms with Crippen LogP contribution >= 0.6 is 0 Å². The van der Waals surface area contributed by atoms with Crippen LogP contribution in [0, 0.1) is 15.5 Å². The molecule has 1 N–H and O–H groups in total. The lowest BCUT2D eigenvalue weighted by atomic mass is 9.96. The summed E-state index contributed by atoms with van der Waals surface area (Å²) in [6.45, 7) is -0.236. The topological polar surface area (TPSA) is 79.9 Å². The Morgan fingerprint density at radius 2 is 1.74 bits per heavy atom. The number of rotatable bonds is 4. The highest BCUT2D eigenvalue weighted by atomic mass is 16.6. The Hall–Kier alpha value is -2.56. The van der Waals surface area contributed by atoms with Crippen molar-refractivity contribution in [1.82, 2.24) is 4.98 Å². The maximum Gasteiger partial charge on any atom is 0.216 e. The Morgan fingerprint density at radius 3 is 2.42 bits per heavy atom. The number of nitrogens with zero attached hydrogens (tertiary/aromatic N) is 2. The fraction of sp³-hybridized carbons (Fsp3) is 0.143. The van der Waals surface area contributed by atoms with Gasteiger partial charge in [0.2, 0.25) is 6.54 Å². The molecule has 0 bridgehead atoms. The molecular weight excluding hydrogens is 242 g/mol. The molecule has 0 fully saturated rings. The molecular formula is C14H13N3O2. The van der Waals surface area contributed by atoms with Gasteiger partial charge in [-0.25, -0.2) is 4.98 Å². The fourth-order valence-electron chi connectivity index (χ4n) is 1.91. The third kappa shape index (κ3) is 3.45. The second-order valence-electron chi connectivity index (χ2n) is 4.12. The summed E-state index contributed by atoms with van der Waals surface area (Å²) in [5.41, 5.74) is 1.47. The monoisotopic (exact) mass is 255 g/mol. The second-order valence-corrected chi connectivity index (χ2v) is 4.12. The van der Waals surface area contributed by atoms with Gasteiger partial charge < -0.3 is 0 Å². The van der Waals surface area contributed by atoms with Crippen molar-refractivity contribution in [2.24, 2.45) is 0 Å². The molecule has 0 aliphatic heterocycles. The minimum absolute atomic E-state index is 0.101. The van der Waals surface area contributed by atoms with E-state index in [0.717, 1.165) is 5.56 Å². The van der Waals surface area contributed by atoms with Gasteiger partial charge in [0.1, 0.15) is 5.49 Å². The van der Waals surface area contributed by atoms with Crippen molar-refractivity contribution in [3.8, 4) is 0 Å². The van der Waals surface area contributed by atoms with Crippen molar-refractivity contribution in [3.05, 3.63) is 81.5 Å². The zero-order valence-corrected chi connectivity index (χ0v) is 10.2. The lowest BCUT2D eigenvalue weighted by molar-refractivity contribution is -0.482. The highest BCUT2D eigenvalue weighted by Crippen LogP contribution is 2.22. The molecule has 1 aromatic carbocycles. The first-order chi connectivity index (χ1) is 9.16. The van der Waals surface area contributed by atoms with E-state index in [2.05, 4.69) is 4.98 Å². The van der Waals surface area contributed by atoms with Crippen LogP contribution in [0.5, 0.6) is 0 Å². The standard InChI is InChI=1S/C14H13N3O2/c15-14-9-5-4-8-13(16-14)12(10-17(18)19)11-6-2-1-3-7-11/h1-9,12,15H,10H2. The SMILES string of the molecule is N=c1ccccc(C(C[N+](=O)[O-])c2ccccc2)n1. The first-order valence-corrected chi connectivity index (χ1v) is 5.85. The minimum Gasteiger partial charge on any atom is -0.283 e. The van der Waals surface area contributed by atoms with E-state index < -0.39 is 5.92 Å². The number of nitrogens with one attached hydrogen (secondary N) is 1. The smallest absolute Gasteiger partial charge is 0.216 e.